The van der Waals surface area contributed by atoms with Crippen molar-refractivity contribution >= 4 is 0 Å². The van der Waals surface area contributed by atoms with Crippen LogP contribution < -0.4 is 0 Å². The smallest absolute Gasteiger partial charge is 0.0811 e. The fourth-order valence-electron chi connectivity index (χ4n) is 1.79. The van der Waals surface area contributed by atoms with Crippen molar-refractivity contribution in [1.29, 1.82) is 0 Å². The first-order chi connectivity index (χ1) is 5.08. The maximum Gasteiger partial charge on any atom is 0.0811 e. The number of likely N-dealkylation sites (N-methyl/N-ethyl adjacent to an activating group) is 1. The third-order valence-electron chi connectivity index (χ3n) is 3.00. The molecule has 66 valence electrons. The molecular formula is C9H19NO. The predicted molar refractivity (Wildman–Crippen MR) is 46.5 cm³/mol. The van der Waals surface area contributed by atoms with Crippen LogP contribution in [0.2, 0.25) is 0 Å². The van der Waals surface area contributed by atoms with Gasteiger partial charge in [0.15, 0.2) is 0 Å². The lowest BCUT2D eigenvalue weighted by molar-refractivity contribution is -0.00156. The third kappa shape index (κ3) is 1.74. The molecule has 0 aromatic heterocycles. The Bertz CT molecular complexity index is 138. The number of hydrogen-bond acceptors (Lipinski definition) is 2. The van der Waals surface area contributed by atoms with Gasteiger partial charge in [-0.2, -0.15) is 0 Å². The van der Waals surface area contributed by atoms with E-state index in [4.69, 9.17) is 0 Å². The zero-order valence-electron chi connectivity index (χ0n) is 7.80. The van der Waals surface area contributed by atoms with Crippen LogP contribution in [0.3, 0.4) is 0 Å². The summed E-state index contributed by atoms with van der Waals surface area (Å²) in [5, 5.41) is 10.1. The molecule has 1 N–H and O–H groups in total. The molecule has 0 radical (unpaired) electrons. The summed E-state index contributed by atoms with van der Waals surface area (Å²) in [5.74, 6) is 0.437. The quantitative estimate of drug-likeness (QED) is 0.649. The number of likely N-dealkylation sites (tertiary alicyclic amines) is 1. The zero-order valence-corrected chi connectivity index (χ0v) is 7.80. The molecule has 0 aromatic carbocycles. The van der Waals surface area contributed by atoms with Crippen molar-refractivity contribution in [2.75, 3.05) is 20.1 Å². The average molecular weight is 157 g/mol. The highest BCUT2D eigenvalue weighted by Gasteiger charge is 2.38. The summed E-state index contributed by atoms with van der Waals surface area (Å²) < 4.78 is 0. The van der Waals surface area contributed by atoms with Crippen LogP contribution in [0, 0.1) is 5.92 Å². The van der Waals surface area contributed by atoms with Gasteiger partial charge in [-0.25, -0.2) is 0 Å². The molecule has 1 aliphatic heterocycles. The first kappa shape index (κ1) is 9.01. The monoisotopic (exact) mass is 157 g/mol. The van der Waals surface area contributed by atoms with Crippen LogP contribution in [-0.4, -0.2) is 35.7 Å². The molecule has 0 amide bonds. The van der Waals surface area contributed by atoms with Gasteiger partial charge in [-0.05, 0) is 19.4 Å². The Labute approximate surface area is 69.2 Å². The Balaban J connectivity index is 2.54. The van der Waals surface area contributed by atoms with E-state index in [0.29, 0.717) is 5.92 Å². The molecule has 0 aromatic rings. The molecule has 0 spiro atoms. The number of hydrogen-bond donors (Lipinski definition) is 1. The van der Waals surface area contributed by atoms with E-state index in [1.165, 1.54) is 0 Å². The molecule has 2 nitrogen and oxygen atoms in total. The highest BCUT2D eigenvalue weighted by molar-refractivity contribution is 4.91. The molecule has 1 rings (SSSR count). The number of nitrogens with zero attached hydrogens (tertiary/aromatic N) is 1. The second-order valence-electron chi connectivity index (χ2n) is 3.90. The van der Waals surface area contributed by atoms with Gasteiger partial charge in [0.25, 0.3) is 0 Å². The molecule has 11 heavy (non-hydrogen) atoms. The summed E-state index contributed by atoms with van der Waals surface area (Å²) in [6, 6.07) is 0. The topological polar surface area (TPSA) is 23.5 Å². The van der Waals surface area contributed by atoms with E-state index in [-0.39, 0.29) is 0 Å². The largest absolute Gasteiger partial charge is 0.388 e. The van der Waals surface area contributed by atoms with Crippen LogP contribution >= 0.6 is 0 Å². The molecule has 1 heterocycles. The molecule has 0 bridgehead atoms. The van der Waals surface area contributed by atoms with Crippen molar-refractivity contribution in [2.45, 2.75) is 32.3 Å². The van der Waals surface area contributed by atoms with Crippen LogP contribution in [0.4, 0.5) is 0 Å². The summed E-state index contributed by atoms with van der Waals surface area (Å²) in [6.45, 7) is 6.17. The maximum atomic E-state index is 10.1. The molecule has 1 fully saturated rings. The van der Waals surface area contributed by atoms with Crippen LogP contribution in [0.1, 0.15) is 26.7 Å². The van der Waals surface area contributed by atoms with Gasteiger partial charge in [0.05, 0.1) is 5.60 Å². The Morgan fingerprint density at radius 1 is 1.64 bits per heavy atom. The van der Waals surface area contributed by atoms with Gasteiger partial charge >= 0.3 is 0 Å². The minimum absolute atomic E-state index is 0.399. The summed E-state index contributed by atoms with van der Waals surface area (Å²) >= 11 is 0. The Hall–Kier alpha value is -0.0800. The first-order valence-electron chi connectivity index (χ1n) is 4.49. The molecule has 0 saturated carbocycles. The van der Waals surface area contributed by atoms with E-state index >= 15 is 0 Å². The second kappa shape index (κ2) is 3.11. The van der Waals surface area contributed by atoms with Crippen LogP contribution in [-0.2, 0) is 0 Å². The van der Waals surface area contributed by atoms with Crippen LogP contribution in [0.15, 0.2) is 0 Å². The van der Waals surface area contributed by atoms with Gasteiger partial charge in [-0.15, -0.1) is 0 Å². The van der Waals surface area contributed by atoms with Gasteiger partial charge in [-0.1, -0.05) is 20.3 Å². The molecule has 1 saturated heterocycles. The minimum atomic E-state index is -0.399. The molecule has 2 unspecified atom stereocenters. The van der Waals surface area contributed by atoms with E-state index in [0.717, 1.165) is 25.9 Å². The first-order valence-corrected chi connectivity index (χ1v) is 4.49. The molecule has 2 atom stereocenters. The van der Waals surface area contributed by atoms with Crippen molar-refractivity contribution < 1.29 is 5.11 Å². The van der Waals surface area contributed by atoms with Gasteiger partial charge in [0.1, 0.15) is 0 Å². The maximum absolute atomic E-state index is 10.1. The molecular weight excluding hydrogens is 138 g/mol. The van der Waals surface area contributed by atoms with E-state index in [9.17, 15) is 5.11 Å². The summed E-state index contributed by atoms with van der Waals surface area (Å²) in [5.41, 5.74) is -0.399. The highest BCUT2D eigenvalue weighted by atomic mass is 16.3. The minimum Gasteiger partial charge on any atom is -0.388 e. The number of rotatable bonds is 2. The fraction of sp³-hybridized carbons (Fsp3) is 1.00. The standard InChI is InChI=1S/C9H19NO/c1-4-8(2)9(11)5-6-10(3)7-9/h8,11H,4-7H2,1-3H3. The predicted octanol–water partition coefficient (Wildman–Crippen LogP) is 1.10. The van der Waals surface area contributed by atoms with Crippen LogP contribution in [0.25, 0.3) is 0 Å². The lowest BCUT2D eigenvalue weighted by Gasteiger charge is -2.28. The van der Waals surface area contributed by atoms with Gasteiger partial charge in [0, 0.05) is 13.1 Å². The highest BCUT2D eigenvalue weighted by Crippen LogP contribution is 2.29. The lowest BCUT2D eigenvalue weighted by atomic mass is 9.86. The van der Waals surface area contributed by atoms with Crippen molar-refractivity contribution in [3.63, 3.8) is 0 Å². The molecule has 2 heteroatoms. The Morgan fingerprint density at radius 3 is 2.64 bits per heavy atom. The molecule has 1 aliphatic rings. The van der Waals surface area contributed by atoms with Crippen molar-refractivity contribution in [2.24, 2.45) is 5.92 Å². The SMILES string of the molecule is CCC(C)C1(O)CCN(C)C1. The van der Waals surface area contributed by atoms with E-state index in [2.05, 4.69) is 25.8 Å². The molecule has 0 aliphatic carbocycles. The van der Waals surface area contributed by atoms with Crippen molar-refractivity contribution in [3.8, 4) is 0 Å². The lowest BCUT2D eigenvalue weighted by Crippen LogP contribution is -2.38. The normalized spacial score (nSPS) is 36.0. The van der Waals surface area contributed by atoms with Crippen molar-refractivity contribution in [1.82, 2.24) is 4.90 Å². The number of β-amino-alcohol motifs (C(OH)–C–C–N with tert-alkyl or cyclic N) is 1. The average Bonchev–Trinajstić information content (AvgIpc) is 2.31. The second-order valence-corrected chi connectivity index (χ2v) is 3.90. The summed E-state index contributed by atoms with van der Waals surface area (Å²) in [6.07, 6.45) is 2.02. The van der Waals surface area contributed by atoms with Crippen molar-refractivity contribution in [3.05, 3.63) is 0 Å². The number of aliphatic hydroxyl groups is 1. The van der Waals surface area contributed by atoms with Crippen LogP contribution in [0.5, 0.6) is 0 Å². The van der Waals surface area contributed by atoms with E-state index in [1.807, 2.05) is 0 Å². The summed E-state index contributed by atoms with van der Waals surface area (Å²) in [7, 11) is 2.07. The summed E-state index contributed by atoms with van der Waals surface area (Å²) in [4.78, 5) is 2.20. The van der Waals surface area contributed by atoms with Gasteiger partial charge in [-0.3, -0.25) is 0 Å². The zero-order chi connectivity index (χ0) is 8.48. The Morgan fingerprint density at radius 2 is 2.27 bits per heavy atom. The van der Waals surface area contributed by atoms with Gasteiger partial charge < -0.3 is 10.0 Å². The fourth-order valence-corrected chi connectivity index (χ4v) is 1.79. The van der Waals surface area contributed by atoms with Gasteiger partial charge in [0.2, 0.25) is 0 Å². The third-order valence-corrected chi connectivity index (χ3v) is 3.00. The Kier molecular flexibility index (Phi) is 2.55. The van der Waals surface area contributed by atoms with E-state index in [1.54, 1.807) is 0 Å². The van der Waals surface area contributed by atoms with E-state index < -0.39 is 5.60 Å².